The molecule has 1 saturated carbocycles. The van der Waals surface area contributed by atoms with Crippen molar-refractivity contribution in [1.29, 1.82) is 0 Å². The summed E-state index contributed by atoms with van der Waals surface area (Å²) >= 11 is 0. The van der Waals surface area contributed by atoms with E-state index in [1.807, 2.05) is 19.1 Å². The van der Waals surface area contributed by atoms with Gasteiger partial charge < -0.3 is 13.9 Å². The Balaban J connectivity index is 1.68. The topological polar surface area (TPSA) is 62.6 Å². The van der Waals surface area contributed by atoms with Crippen LogP contribution in [0.15, 0.2) is 27.2 Å². The molecule has 114 valence electrons. The molecule has 0 aromatic carbocycles. The van der Waals surface area contributed by atoms with Gasteiger partial charge in [0.1, 0.15) is 5.76 Å². The lowest BCUT2D eigenvalue weighted by Crippen LogP contribution is -2.27. The van der Waals surface area contributed by atoms with Crippen LogP contribution >= 0.6 is 0 Å². The van der Waals surface area contributed by atoms with Crippen molar-refractivity contribution in [3.8, 4) is 11.7 Å². The molecule has 0 saturated heterocycles. The standard InChI is InChI=1S/C16H22N2O3/c1-12-14(17-16(21-12)15-5-4-10-20-15)11-18(13-6-7-13)8-2-3-9-19/h4-5,10,13,19H,2-3,6-9,11H2,1H3. The number of furan rings is 1. The Labute approximate surface area is 124 Å². The Morgan fingerprint density at radius 2 is 2.24 bits per heavy atom. The second-order valence-electron chi connectivity index (χ2n) is 5.63. The summed E-state index contributed by atoms with van der Waals surface area (Å²) in [5, 5.41) is 8.92. The molecular formula is C16H22N2O3. The Morgan fingerprint density at radius 1 is 1.38 bits per heavy atom. The highest BCUT2D eigenvalue weighted by molar-refractivity contribution is 5.44. The molecule has 0 atom stereocenters. The first-order chi connectivity index (χ1) is 10.3. The minimum atomic E-state index is 0.268. The maximum atomic E-state index is 8.92. The first kappa shape index (κ1) is 14.4. The van der Waals surface area contributed by atoms with E-state index in [1.54, 1.807) is 6.26 Å². The fraction of sp³-hybridized carbons (Fsp3) is 0.562. The van der Waals surface area contributed by atoms with Gasteiger partial charge in [-0.3, -0.25) is 4.90 Å². The molecule has 5 heteroatoms. The van der Waals surface area contributed by atoms with E-state index in [-0.39, 0.29) is 6.61 Å². The fourth-order valence-corrected chi connectivity index (χ4v) is 2.53. The summed E-state index contributed by atoms with van der Waals surface area (Å²) in [6, 6.07) is 4.36. The van der Waals surface area contributed by atoms with Gasteiger partial charge in [-0.15, -0.1) is 0 Å². The van der Waals surface area contributed by atoms with Crippen LogP contribution in [0.3, 0.4) is 0 Å². The van der Waals surface area contributed by atoms with Crippen molar-refractivity contribution < 1.29 is 13.9 Å². The van der Waals surface area contributed by atoms with Crippen LogP contribution in [0.5, 0.6) is 0 Å². The van der Waals surface area contributed by atoms with E-state index in [0.717, 1.165) is 37.4 Å². The molecule has 5 nitrogen and oxygen atoms in total. The number of aliphatic hydroxyl groups is 1. The summed E-state index contributed by atoms with van der Waals surface area (Å²) in [5.41, 5.74) is 0.984. The predicted octanol–water partition coefficient (Wildman–Crippen LogP) is 2.98. The molecule has 0 bridgehead atoms. The largest absolute Gasteiger partial charge is 0.459 e. The van der Waals surface area contributed by atoms with Gasteiger partial charge in [0.15, 0.2) is 5.76 Å². The van der Waals surface area contributed by atoms with Gasteiger partial charge in [-0.1, -0.05) is 0 Å². The molecule has 2 aromatic heterocycles. The molecule has 0 aliphatic heterocycles. The van der Waals surface area contributed by atoms with E-state index in [4.69, 9.17) is 13.9 Å². The van der Waals surface area contributed by atoms with Crippen molar-refractivity contribution in [1.82, 2.24) is 9.88 Å². The van der Waals surface area contributed by atoms with Crippen LogP contribution in [0.2, 0.25) is 0 Å². The third kappa shape index (κ3) is 3.54. The molecule has 1 aliphatic carbocycles. The van der Waals surface area contributed by atoms with Gasteiger partial charge in [0.05, 0.1) is 12.0 Å². The summed E-state index contributed by atoms with van der Waals surface area (Å²) in [6.07, 6.45) is 6.04. The molecule has 0 unspecified atom stereocenters. The maximum absolute atomic E-state index is 8.92. The maximum Gasteiger partial charge on any atom is 0.263 e. The number of rotatable bonds is 8. The van der Waals surface area contributed by atoms with Crippen LogP contribution in [0.4, 0.5) is 0 Å². The predicted molar refractivity (Wildman–Crippen MR) is 78.7 cm³/mol. The zero-order chi connectivity index (χ0) is 14.7. The zero-order valence-corrected chi connectivity index (χ0v) is 12.4. The number of aryl methyl sites for hydroxylation is 1. The molecule has 1 N–H and O–H groups in total. The van der Waals surface area contributed by atoms with Gasteiger partial charge in [0, 0.05) is 19.2 Å². The quantitative estimate of drug-likeness (QED) is 0.757. The number of hydrogen-bond donors (Lipinski definition) is 1. The molecule has 0 amide bonds. The smallest absolute Gasteiger partial charge is 0.263 e. The van der Waals surface area contributed by atoms with Gasteiger partial charge in [0.25, 0.3) is 5.89 Å². The molecule has 0 spiro atoms. The van der Waals surface area contributed by atoms with Crippen molar-refractivity contribution in [2.24, 2.45) is 0 Å². The Morgan fingerprint density at radius 3 is 2.90 bits per heavy atom. The van der Waals surface area contributed by atoms with Crippen LogP contribution in [-0.4, -0.2) is 34.2 Å². The Kier molecular flexibility index (Phi) is 4.41. The zero-order valence-electron chi connectivity index (χ0n) is 12.4. The highest BCUT2D eigenvalue weighted by Gasteiger charge is 2.29. The SMILES string of the molecule is Cc1oc(-c2ccco2)nc1CN(CCCCO)C1CC1. The van der Waals surface area contributed by atoms with Gasteiger partial charge in [0.2, 0.25) is 0 Å². The number of aromatic nitrogens is 1. The summed E-state index contributed by atoms with van der Waals surface area (Å²) in [5.74, 6) is 2.08. The molecule has 21 heavy (non-hydrogen) atoms. The first-order valence-corrected chi connectivity index (χ1v) is 7.63. The normalized spacial score (nSPS) is 15.0. The van der Waals surface area contributed by atoms with Crippen LogP contribution < -0.4 is 0 Å². The number of unbranched alkanes of at least 4 members (excludes halogenated alkanes) is 1. The van der Waals surface area contributed by atoms with E-state index in [0.29, 0.717) is 17.7 Å². The Bertz CT molecular complexity index is 558. The van der Waals surface area contributed by atoms with Gasteiger partial charge in [-0.2, -0.15) is 0 Å². The summed E-state index contributed by atoms with van der Waals surface area (Å²) in [4.78, 5) is 7.03. The van der Waals surface area contributed by atoms with Crippen molar-refractivity contribution in [3.63, 3.8) is 0 Å². The summed E-state index contributed by atoms with van der Waals surface area (Å²) in [6.45, 7) is 4.04. The average molecular weight is 290 g/mol. The van der Waals surface area contributed by atoms with Crippen molar-refractivity contribution in [2.75, 3.05) is 13.2 Å². The van der Waals surface area contributed by atoms with Crippen molar-refractivity contribution in [3.05, 3.63) is 29.9 Å². The van der Waals surface area contributed by atoms with Crippen LogP contribution in [0.1, 0.15) is 37.1 Å². The van der Waals surface area contributed by atoms with Gasteiger partial charge >= 0.3 is 0 Å². The lowest BCUT2D eigenvalue weighted by molar-refractivity contribution is 0.226. The average Bonchev–Trinajstić information content (AvgIpc) is 3.05. The molecule has 1 aliphatic rings. The Hall–Kier alpha value is -1.59. The minimum Gasteiger partial charge on any atom is -0.459 e. The highest BCUT2D eigenvalue weighted by Crippen LogP contribution is 2.30. The van der Waals surface area contributed by atoms with Crippen molar-refractivity contribution >= 4 is 0 Å². The van der Waals surface area contributed by atoms with E-state index in [2.05, 4.69) is 9.88 Å². The monoisotopic (exact) mass is 290 g/mol. The lowest BCUT2D eigenvalue weighted by Gasteiger charge is -2.20. The number of nitrogens with zero attached hydrogens (tertiary/aromatic N) is 2. The summed E-state index contributed by atoms with van der Waals surface area (Å²) < 4.78 is 11.0. The van der Waals surface area contributed by atoms with E-state index >= 15 is 0 Å². The lowest BCUT2D eigenvalue weighted by atomic mass is 10.2. The third-order valence-electron chi connectivity index (χ3n) is 3.89. The van der Waals surface area contributed by atoms with Crippen LogP contribution in [0.25, 0.3) is 11.7 Å². The van der Waals surface area contributed by atoms with Crippen LogP contribution in [0, 0.1) is 6.92 Å². The molecular weight excluding hydrogens is 268 g/mol. The van der Waals surface area contributed by atoms with Crippen molar-refractivity contribution in [2.45, 2.75) is 45.2 Å². The molecule has 3 rings (SSSR count). The highest BCUT2D eigenvalue weighted by atomic mass is 16.4. The minimum absolute atomic E-state index is 0.268. The van der Waals surface area contributed by atoms with Crippen LogP contribution in [-0.2, 0) is 6.54 Å². The fourth-order valence-electron chi connectivity index (χ4n) is 2.53. The number of oxazole rings is 1. The van der Waals surface area contributed by atoms with Gasteiger partial charge in [-0.05, 0) is 51.3 Å². The van der Waals surface area contributed by atoms with Gasteiger partial charge in [-0.25, -0.2) is 4.98 Å². The van der Waals surface area contributed by atoms with E-state index in [9.17, 15) is 0 Å². The number of aliphatic hydroxyl groups excluding tert-OH is 1. The first-order valence-electron chi connectivity index (χ1n) is 7.63. The second kappa shape index (κ2) is 6.45. The molecule has 2 heterocycles. The third-order valence-corrected chi connectivity index (χ3v) is 3.89. The number of hydrogen-bond acceptors (Lipinski definition) is 5. The van der Waals surface area contributed by atoms with E-state index < -0.39 is 0 Å². The molecule has 2 aromatic rings. The molecule has 1 fully saturated rings. The summed E-state index contributed by atoms with van der Waals surface area (Å²) in [7, 11) is 0. The molecule has 0 radical (unpaired) electrons. The second-order valence-corrected chi connectivity index (χ2v) is 5.63. The van der Waals surface area contributed by atoms with E-state index in [1.165, 1.54) is 12.8 Å².